The molecule has 84 valence electrons. The second-order valence-electron chi connectivity index (χ2n) is 3.57. The summed E-state index contributed by atoms with van der Waals surface area (Å²) in [4.78, 5) is 5.55. The Morgan fingerprint density at radius 1 is 1.38 bits per heavy atom. The van der Waals surface area contributed by atoms with Gasteiger partial charge in [-0.15, -0.1) is 0 Å². The van der Waals surface area contributed by atoms with Crippen molar-refractivity contribution in [1.29, 1.82) is 0 Å². The molecule has 1 heterocycles. The van der Waals surface area contributed by atoms with Crippen LogP contribution in [0.1, 0.15) is 5.56 Å². The lowest BCUT2D eigenvalue weighted by Gasteiger charge is -2.07. The Bertz CT molecular complexity index is 465. The van der Waals surface area contributed by atoms with Gasteiger partial charge in [-0.05, 0) is 24.6 Å². The van der Waals surface area contributed by atoms with Gasteiger partial charge in [-0.3, -0.25) is 0 Å². The number of hydrogen-bond acceptors (Lipinski definition) is 3. The number of hydrogen-bond donors (Lipinski definition) is 1. The summed E-state index contributed by atoms with van der Waals surface area (Å²) >= 11 is 1.68. The van der Waals surface area contributed by atoms with Crippen LogP contribution in [0.3, 0.4) is 0 Å². The molecule has 1 aromatic heterocycles. The minimum atomic E-state index is 0.679. The van der Waals surface area contributed by atoms with Crippen LogP contribution < -0.4 is 5.73 Å². The fraction of sp³-hybridized carbons (Fsp3) is 0.250. The van der Waals surface area contributed by atoms with Gasteiger partial charge in [0, 0.05) is 24.3 Å². The van der Waals surface area contributed by atoms with E-state index in [2.05, 4.69) is 17.1 Å². The number of benzene rings is 1. The van der Waals surface area contributed by atoms with Crippen LogP contribution in [-0.2, 0) is 13.5 Å². The minimum absolute atomic E-state index is 0.679. The second kappa shape index (κ2) is 5.18. The van der Waals surface area contributed by atoms with E-state index in [0.29, 0.717) is 6.54 Å². The van der Waals surface area contributed by atoms with Crippen LogP contribution in [0.25, 0.3) is 0 Å². The highest BCUT2D eigenvalue weighted by atomic mass is 32.2. The number of nitrogens with two attached hydrogens (primary N) is 1. The zero-order chi connectivity index (χ0) is 11.4. The topological polar surface area (TPSA) is 43.8 Å². The highest BCUT2D eigenvalue weighted by Crippen LogP contribution is 2.28. The zero-order valence-corrected chi connectivity index (χ0v) is 10.1. The highest BCUT2D eigenvalue weighted by molar-refractivity contribution is 7.99. The molecule has 0 bridgehead atoms. The van der Waals surface area contributed by atoms with Gasteiger partial charge < -0.3 is 10.3 Å². The average molecular weight is 233 g/mol. The van der Waals surface area contributed by atoms with Crippen molar-refractivity contribution < 1.29 is 0 Å². The van der Waals surface area contributed by atoms with Gasteiger partial charge in [0.2, 0.25) is 0 Å². The van der Waals surface area contributed by atoms with Crippen molar-refractivity contribution in [2.24, 2.45) is 12.8 Å². The molecule has 0 spiro atoms. The van der Waals surface area contributed by atoms with Gasteiger partial charge in [0.25, 0.3) is 0 Å². The summed E-state index contributed by atoms with van der Waals surface area (Å²) in [5, 5.41) is 1.00. The van der Waals surface area contributed by atoms with E-state index in [4.69, 9.17) is 5.73 Å². The van der Waals surface area contributed by atoms with E-state index in [1.807, 2.05) is 36.1 Å². The molecule has 16 heavy (non-hydrogen) atoms. The molecule has 0 atom stereocenters. The maximum atomic E-state index is 5.60. The average Bonchev–Trinajstić information content (AvgIpc) is 2.68. The quantitative estimate of drug-likeness (QED) is 0.879. The summed E-state index contributed by atoms with van der Waals surface area (Å²) in [6.45, 7) is 0.679. The summed E-state index contributed by atoms with van der Waals surface area (Å²) < 4.78 is 2.02. The third kappa shape index (κ3) is 2.46. The molecule has 0 radical (unpaired) electrons. The van der Waals surface area contributed by atoms with E-state index < -0.39 is 0 Å². The van der Waals surface area contributed by atoms with Gasteiger partial charge >= 0.3 is 0 Å². The molecule has 0 aliphatic carbocycles. The number of aryl methyl sites for hydroxylation is 1. The van der Waals surface area contributed by atoms with Crippen LogP contribution in [-0.4, -0.2) is 16.1 Å². The molecule has 0 aliphatic rings. The summed E-state index contributed by atoms with van der Waals surface area (Å²) in [6.07, 6.45) is 4.68. The molecular weight excluding hydrogens is 218 g/mol. The maximum absolute atomic E-state index is 5.60. The Labute approximate surface area is 99.7 Å². The number of imidazole rings is 1. The lowest BCUT2D eigenvalue weighted by atomic mass is 10.1. The lowest BCUT2D eigenvalue weighted by molar-refractivity contribution is 0.789. The van der Waals surface area contributed by atoms with E-state index in [9.17, 15) is 0 Å². The Kier molecular flexibility index (Phi) is 3.64. The smallest absolute Gasteiger partial charge is 0.172 e. The van der Waals surface area contributed by atoms with E-state index in [0.717, 1.165) is 11.6 Å². The Morgan fingerprint density at radius 3 is 2.88 bits per heavy atom. The molecule has 3 nitrogen and oxygen atoms in total. The van der Waals surface area contributed by atoms with E-state index in [1.54, 1.807) is 11.8 Å². The molecule has 2 aromatic rings. The summed E-state index contributed by atoms with van der Waals surface area (Å²) in [7, 11) is 2.00. The first-order valence-corrected chi connectivity index (χ1v) is 6.06. The lowest BCUT2D eigenvalue weighted by Crippen LogP contribution is -2.03. The van der Waals surface area contributed by atoms with E-state index in [1.165, 1.54) is 10.5 Å². The molecule has 2 N–H and O–H groups in total. The van der Waals surface area contributed by atoms with Crippen molar-refractivity contribution >= 4 is 11.8 Å². The Balaban J connectivity index is 2.24. The minimum Gasteiger partial charge on any atom is -0.330 e. The number of rotatable bonds is 4. The first kappa shape index (κ1) is 11.2. The van der Waals surface area contributed by atoms with Crippen molar-refractivity contribution in [1.82, 2.24) is 9.55 Å². The van der Waals surface area contributed by atoms with Gasteiger partial charge in [0.15, 0.2) is 5.16 Å². The third-order valence-electron chi connectivity index (χ3n) is 2.36. The first-order valence-electron chi connectivity index (χ1n) is 5.24. The van der Waals surface area contributed by atoms with Gasteiger partial charge in [0.1, 0.15) is 0 Å². The fourth-order valence-corrected chi connectivity index (χ4v) is 2.48. The summed E-state index contributed by atoms with van der Waals surface area (Å²) in [6, 6.07) is 8.33. The van der Waals surface area contributed by atoms with Crippen molar-refractivity contribution in [3.8, 4) is 0 Å². The van der Waals surface area contributed by atoms with Crippen molar-refractivity contribution in [3.63, 3.8) is 0 Å². The maximum Gasteiger partial charge on any atom is 0.172 e. The van der Waals surface area contributed by atoms with E-state index in [-0.39, 0.29) is 0 Å². The molecule has 0 amide bonds. The van der Waals surface area contributed by atoms with Gasteiger partial charge in [-0.1, -0.05) is 30.0 Å². The van der Waals surface area contributed by atoms with Crippen LogP contribution in [0.15, 0.2) is 46.7 Å². The monoisotopic (exact) mass is 233 g/mol. The molecular formula is C12H15N3S. The largest absolute Gasteiger partial charge is 0.330 e. The predicted molar refractivity (Wildman–Crippen MR) is 66.5 cm³/mol. The van der Waals surface area contributed by atoms with Crippen LogP contribution >= 0.6 is 11.8 Å². The molecule has 0 unspecified atom stereocenters. The fourth-order valence-electron chi connectivity index (χ4n) is 1.51. The predicted octanol–water partition coefficient (Wildman–Crippen LogP) is 2.07. The Hall–Kier alpha value is -1.26. The van der Waals surface area contributed by atoms with Crippen molar-refractivity contribution in [3.05, 3.63) is 42.2 Å². The SMILES string of the molecule is Cn1ccnc1Sc1ccccc1CCN. The molecule has 0 aliphatic heterocycles. The molecule has 2 rings (SSSR count). The van der Waals surface area contributed by atoms with Crippen LogP contribution in [0.2, 0.25) is 0 Å². The number of aromatic nitrogens is 2. The van der Waals surface area contributed by atoms with Crippen molar-refractivity contribution in [2.45, 2.75) is 16.5 Å². The Morgan fingerprint density at radius 2 is 2.19 bits per heavy atom. The molecule has 1 aromatic carbocycles. The molecule has 0 fully saturated rings. The van der Waals surface area contributed by atoms with Gasteiger partial charge in [0.05, 0.1) is 0 Å². The van der Waals surface area contributed by atoms with Crippen LogP contribution in [0.5, 0.6) is 0 Å². The normalized spacial score (nSPS) is 10.6. The molecule has 0 saturated carbocycles. The second-order valence-corrected chi connectivity index (χ2v) is 4.58. The summed E-state index contributed by atoms with van der Waals surface area (Å²) in [5.74, 6) is 0. The van der Waals surface area contributed by atoms with Gasteiger partial charge in [-0.2, -0.15) is 0 Å². The van der Waals surface area contributed by atoms with Gasteiger partial charge in [-0.25, -0.2) is 4.98 Å². The third-order valence-corrected chi connectivity index (χ3v) is 3.56. The van der Waals surface area contributed by atoms with Crippen LogP contribution in [0.4, 0.5) is 0 Å². The highest BCUT2D eigenvalue weighted by Gasteiger charge is 2.06. The molecule has 0 saturated heterocycles. The molecule has 4 heteroatoms. The van der Waals surface area contributed by atoms with E-state index >= 15 is 0 Å². The first-order chi connectivity index (χ1) is 7.81. The zero-order valence-electron chi connectivity index (χ0n) is 9.26. The number of nitrogens with zero attached hydrogens (tertiary/aromatic N) is 2. The summed E-state index contributed by atoms with van der Waals surface area (Å²) in [5.41, 5.74) is 6.89. The van der Waals surface area contributed by atoms with Crippen molar-refractivity contribution in [2.75, 3.05) is 6.54 Å². The van der Waals surface area contributed by atoms with Crippen LogP contribution in [0, 0.1) is 0 Å². The standard InChI is InChI=1S/C12H15N3S/c1-15-9-8-14-12(15)16-11-5-3-2-4-10(11)6-7-13/h2-5,8-9H,6-7,13H2,1H3.